The largest absolute Gasteiger partial charge is 0.492 e. The Morgan fingerprint density at radius 3 is 2.46 bits per heavy atom. The summed E-state index contributed by atoms with van der Waals surface area (Å²) in [7, 11) is 1.97. The number of amides is 1. The van der Waals surface area contributed by atoms with Gasteiger partial charge in [-0.2, -0.15) is 0 Å². The molecule has 1 aromatic rings. The molecule has 1 amide bonds. The molecule has 1 aliphatic rings. The van der Waals surface area contributed by atoms with Gasteiger partial charge in [-0.05, 0) is 46.9 Å². The molecule has 0 spiro atoms. The van der Waals surface area contributed by atoms with Crippen LogP contribution >= 0.6 is 0 Å². The minimum Gasteiger partial charge on any atom is -0.492 e. The molecular formula is C19H30N2O3. The van der Waals surface area contributed by atoms with Crippen LogP contribution < -0.4 is 4.74 Å². The first-order chi connectivity index (χ1) is 11.4. The van der Waals surface area contributed by atoms with Gasteiger partial charge in [-0.1, -0.05) is 17.7 Å². The summed E-state index contributed by atoms with van der Waals surface area (Å²) in [6.07, 6.45) is 0.195. The molecule has 1 aromatic carbocycles. The molecule has 0 bridgehead atoms. The fourth-order valence-electron chi connectivity index (χ4n) is 2.95. The molecule has 5 nitrogen and oxygen atoms in total. The molecule has 0 aliphatic carbocycles. The van der Waals surface area contributed by atoms with Gasteiger partial charge in [0, 0.05) is 19.6 Å². The summed E-state index contributed by atoms with van der Waals surface area (Å²) in [6, 6.07) is 7.85. The molecular weight excluding hydrogens is 304 g/mol. The van der Waals surface area contributed by atoms with Gasteiger partial charge in [0.15, 0.2) is 0 Å². The van der Waals surface area contributed by atoms with Crippen molar-refractivity contribution in [2.75, 3.05) is 33.3 Å². The van der Waals surface area contributed by atoms with Gasteiger partial charge >= 0.3 is 0 Å². The second-order valence-corrected chi connectivity index (χ2v) is 6.82. The van der Waals surface area contributed by atoms with E-state index in [-0.39, 0.29) is 24.2 Å². The molecule has 0 N–H and O–H groups in total. The molecule has 5 heteroatoms. The van der Waals surface area contributed by atoms with Crippen LogP contribution in [0.1, 0.15) is 26.3 Å². The SMILES string of the molecule is Cc1ccc(OCCN(C)C(C)C(=O)N2CC(C)OC(C)C2)cc1. The second kappa shape index (κ2) is 8.49. The van der Waals surface area contributed by atoms with Crippen molar-refractivity contribution in [3.63, 3.8) is 0 Å². The van der Waals surface area contributed by atoms with Crippen LogP contribution in [0.15, 0.2) is 24.3 Å². The lowest BCUT2D eigenvalue weighted by Crippen LogP contribution is -2.54. The molecule has 24 heavy (non-hydrogen) atoms. The molecule has 1 aliphatic heterocycles. The quantitative estimate of drug-likeness (QED) is 0.801. The smallest absolute Gasteiger partial charge is 0.239 e. The number of carbonyl (C=O) groups is 1. The summed E-state index contributed by atoms with van der Waals surface area (Å²) in [5, 5.41) is 0. The van der Waals surface area contributed by atoms with Crippen molar-refractivity contribution in [2.45, 2.75) is 45.9 Å². The van der Waals surface area contributed by atoms with Gasteiger partial charge in [-0.3, -0.25) is 9.69 Å². The van der Waals surface area contributed by atoms with Crippen LogP contribution in [0.2, 0.25) is 0 Å². The second-order valence-electron chi connectivity index (χ2n) is 6.82. The van der Waals surface area contributed by atoms with Crippen molar-refractivity contribution in [3.05, 3.63) is 29.8 Å². The zero-order valence-corrected chi connectivity index (χ0v) is 15.5. The van der Waals surface area contributed by atoms with Crippen LogP contribution in [0.3, 0.4) is 0 Å². The fraction of sp³-hybridized carbons (Fsp3) is 0.632. The monoisotopic (exact) mass is 334 g/mol. The van der Waals surface area contributed by atoms with Gasteiger partial charge in [0.2, 0.25) is 5.91 Å². The number of benzene rings is 1. The van der Waals surface area contributed by atoms with E-state index in [1.807, 2.05) is 61.9 Å². The molecule has 1 heterocycles. The zero-order chi connectivity index (χ0) is 17.7. The Kier molecular flexibility index (Phi) is 6.63. The lowest BCUT2D eigenvalue weighted by Gasteiger charge is -2.38. The van der Waals surface area contributed by atoms with Crippen LogP contribution in [0, 0.1) is 6.92 Å². The van der Waals surface area contributed by atoms with Crippen molar-refractivity contribution in [2.24, 2.45) is 0 Å². The summed E-state index contributed by atoms with van der Waals surface area (Å²) in [5.41, 5.74) is 1.22. The number of hydrogen-bond acceptors (Lipinski definition) is 4. The number of ether oxygens (including phenoxy) is 2. The number of carbonyl (C=O) groups excluding carboxylic acids is 1. The van der Waals surface area contributed by atoms with E-state index in [1.165, 1.54) is 5.56 Å². The van der Waals surface area contributed by atoms with E-state index in [1.54, 1.807) is 0 Å². The highest BCUT2D eigenvalue weighted by Crippen LogP contribution is 2.14. The van der Waals surface area contributed by atoms with E-state index < -0.39 is 0 Å². The van der Waals surface area contributed by atoms with Gasteiger partial charge in [0.1, 0.15) is 12.4 Å². The molecule has 134 valence electrons. The van der Waals surface area contributed by atoms with E-state index in [4.69, 9.17) is 9.47 Å². The summed E-state index contributed by atoms with van der Waals surface area (Å²) < 4.78 is 11.5. The number of aryl methyl sites for hydroxylation is 1. The van der Waals surface area contributed by atoms with Crippen molar-refractivity contribution < 1.29 is 14.3 Å². The summed E-state index contributed by atoms with van der Waals surface area (Å²) in [4.78, 5) is 16.6. The number of rotatable bonds is 6. The van der Waals surface area contributed by atoms with Crippen LogP contribution in [-0.2, 0) is 9.53 Å². The normalized spacial score (nSPS) is 22.5. The Hall–Kier alpha value is -1.59. The fourth-order valence-corrected chi connectivity index (χ4v) is 2.95. The first-order valence-electron chi connectivity index (χ1n) is 8.70. The molecule has 0 aromatic heterocycles. The van der Waals surface area contributed by atoms with E-state index >= 15 is 0 Å². The maximum absolute atomic E-state index is 12.7. The van der Waals surface area contributed by atoms with Crippen LogP contribution in [0.5, 0.6) is 5.75 Å². The third kappa shape index (κ3) is 5.21. The first kappa shape index (κ1) is 18.7. The zero-order valence-electron chi connectivity index (χ0n) is 15.5. The minimum absolute atomic E-state index is 0.0973. The predicted molar refractivity (Wildman–Crippen MR) is 95.4 cm³/mol. The van der Waals surface area contributed by atoms with E-state index in [2.05, 4.69) is 6.92 Å². The Morgan fingerprint density at radius 2 is 1.88 bits per heavy atom. The lowest BCUT2D eigenvalue weighted by molar-refractivity contribution is -0.147. The number of morpholine rings is 1. The van der Waals surface area contributed by atoms with Gasteiger partial charge in [-0.25, -0.2) is 0 Å². The number of likely N-dealkylation sites (N-methyl/N-ethyl adjacent to an activating group) is 1. The lowest BCUT2D eigenvalue weighted by atomic mass is 10.2. The van der Waals surface area contributed by atoms with Crippen molar-refractivity contribution in [1.29, 1.82) is 0 Å². The first-order valence-corrected chi connectivity index (χ1v) is 8.70. The minimum atomic E-state index is -0.163. The Morgan fingerprint density at radius 1 is 1.29 bits per heavy atom. The molecule has 1 fully saturated rings. The summed E-state index contributed by atoms with van der Waals surface area (Å²) in [6.45, 7) is 10.6. The molecule has 3 atom stereocenters. The topological polar surface area (TPSA) is 42.0 Å². The highest BCUT2D eigenvalue weighted by Gasteiger charge is 2.30. The van der Waals surface area contributed by atoms with Crippen LogP contribution in [0.4, 0.5) is 0 Å². The van der Waals surface area contributed by atoms with Crippen molar-refractivity contribution in [1.82, 2.24) is 9.80 Å². The van der Waals surface area contributed by atoms with Gasteiger partial charge in [0.05, 0.1) is 18.2 Å². The summed E-state index contributed by atoms with van der Waals surface area (Å²) in [5.74, 6) is 1.03. The third-order valence-corrected chi connectivity index (χ3v) is 4.48. The van der Waals surface area contributed by atoms with Gasteiger partial charge in [-0.15, -0.1) is 0 Å². The Labute approximate surface area is 145 Å². The average Bonchev–Trinajstić information content (AvgIpc) is 2.54. The maximum atomic E-state index is 12.7. The highest BCUT2D eigenvalue weighted by molar-refractivity contribution is 5.81. The van der Waals surface area contributed by atoms with Crippen LogP contribution in [-0.4, -0.2) is 67.2 Å². The molecule has 3 unspecified atom stereocenters. The Balaban J connectivity index is 1.79. The van der Waals surface area contributed by atoms with Crippen molar-refractivity contribution >= 4 is 5.91 Å². The highest BCUT2D eigenvalue weighted by atomic mass is 16.5. The standard InChI is InChI=1S/C19H30N2O3/c1-14-6-8-18(9-7-14)23-11-10-20(5)17(4)19(22)21-12-15(2)24-16(3)13-21/h6-9,15-17H,10-13H2,1-5H3. The molecule has 0 radical (unpaired) electrons. The maximum Gasteiger partial charge on any atom is 0.239 e. The number of nitrogens with zero attached hydrogens (tertiary/aromatic N) is 2. The molecule has 0 saturated carbocycles. The van der Waals surface area contributed by atoms with Crippen LogP contribution in [0.25, 0.3) is 0 Å². The van der Waals surface area contributed by atoms with Gasteiger partial charge < -0.3 is 14.4 Å². The average molecular weight is 334 g/mol. The Bertz CT molecular complexity index is 522. The third-order valence-electron chi connectivity index (χ3n) is 4.48. The summed E-state index contributed by atoms with van der Waals surface area (Å²) >= 11 is 0. The van der Waals surface area contributed by atoms with E-state index in [0.29, 0.717) is 26.2 Å². The predicted octanol–water partition coefficient (Wildman–Crippen LogP) is 2.33. The number of hydrogen-bond donors (Lipinski definition) is 0. The van der Waals surface area contributed by atoms with E-state index in [9.17, 15) is 4.79 Å². The van der Waals surface area contributed by atoms with Gasteiger partial charge in [0.25, 0.3) is 0 Å². The molecule has 2 rings (SSSR count). The molecule has 1 saturated heterocycles. The van der Waals surface area contributed by atoms with Crippen molar-refractivity contribution in [3.8, 4) is 5.75 Å². The van der Waals surface area contributed by atoms with E-state index in [0.717, 1.165) is 5.75 Å².